The fourth-order valence-electron chi connectivity index (χ4n) is 2.57. The molecule has 0 amide bonds. The van der Waals surface area contributed by atoms with Gasteiger partial charge in [-0.1, -0.05) is 109 Å². The number of rotatable bonds is 16. The van der Waals surface area contributed by atoms with Gasteiger partial charge < -0.3 is 0 Å². The third-order valence-electron chi connectivity index (χ3n) is 3.88. The van der Waals surface area contributed by atoms with Crippen LogP contribution in [-0.2, 0) is 0 Å². The topological polar surface area (TPSA) is 0 Å². The maximum atomic E-state index is 4.70. The van der Waals surface area contributed by atoms with Crippen LogP contribution in [0.2, 0.25) is 0 Å². The molecule has 0 saturated carbocycles. The number of unbranched alkanes of at least 4 members (excludes halogenated alkanes) is 15. The van der Waals surface area contributed by atoms with Crippen LogP contribution in [0.3, 0.4) is 0 Å². The number of hydrogen-bond donors (Lipinski definition) is 0. The van der Waals surface area contributed by atoms with Gasteiger partial charge in [0.25, 0.3) is 0 Å². The lowest BCUT2D eigenvalue weighted by Crippen LogP contribution is -1.83. The lowest BCUT2D eigenvalue weighted by Gasteiger charge is -2.03. The van der Waals surface area contributed by atoms with Gasteiger partial charge in [-0.25, -0.2) is 0 Å². The predicted octanol–water partition coefficient (Wildman–Crippen LogP) is 7.12. The third kappa shape index (κ3) is 18.1. The lowest BCUT2D eigenvalue weighted by atomic mass is 10.0. The van der Waals surface area contributed by atoms with Crippen molar-refractivity contribution < 1.29 is 0 Å². The molecule has 0 unspecified atom stereocenters. The van der Waals surface area contributed by atoms with E-state index in [4.69, 9.17) is 12.2 Å². The van der Waals surface area contributed by atoms with Crippen molar-refractivity contribution in [1.29, 1.82) is 0 Å². The molecule has 0 fully saturated rings. The Hall–Kier alpha value is 0.0900. The second-order valence-electron chi connectivity index (χ2n) is 5.84. The minimum Gasteiger partial charge on any atom is -0.0837 e. The van der Waals surface area contributed by atoms with Crippen molar-refractivity contribution in [2.24, 2.45) is 0 Å². The Kier molecular flexibility index (Phi) is 18.2. The molecule has 1 heteroatoms. The van der Waals surface area contributed by atoms with Crippen molar-refractivity contribution in [3.63, 3.8) is 0 Å². The standard InChI is InChI=1S/C18H35S/c1-2-3-4-5-6-7-8-9-10-11-12-13-14-15-16-17-18-19/h2-17H2,1H3. The van der Waals surface area contributed by atoms with Crippen LogP contribution in [0.5, 0.6) is 0 Å². The lowest BCUT2D eigenvalue weighted by molar-refractivity contribution is 0.533. The summed E-state index contributed by atoms with van der Waals surface area (Å²) in [7, 11) is 0. The molecule has 0 aromatic heterocycles. The Morgan fingerprint density at radius 2 is 0.842 bits per heavy atom. The van der Waals surface area contributed by atoms with Gasteiger partial charge in [0.05, 0.1) is 0 Å². The van der Waals surface area contributed by atoms with E-state index in [1.807, 2.05) is 0 Å². The molecular formula is C18H35S. The molecule has 0 spiro atoms. The van der Waals surface area contributed by atoms with Crippen LogP contribution in [0.1, 0.15) is 110 Å². The van der Waals surface area contributed by atoms with E-state index in [1.54, 1.807) is 0 Å². The van der Waals surface area contributed by atoms with Crippen molar-refractivity contribution in [2.45, 2.75) is 110 Å². The first-order valence-electron chi connectivity index (χ1n) is 8.76. The molecule has 1 radical (unpaired) electrons. The molecule has 0 N–H and O–H groups in total. The molecular weight excluding hydrogens is 248 g/mol. The maximum Gasteiger partial charge on any atom is 0.0291 e. The van der Waals surface area contributed by atoms with E-state index < -0.39 is 0 Å². The molecule has 0 aliphatic rings. The van der Waals surface area contributed by atoms with Gasteiger partial charge in [-0.05, 0) is 12.8 Å². The van der Waals surface area contributed by atoms with Crippen molar-refractivity contribution >= 4 is 17.6 Å². The zero-order chi connectivity index (χ0) is 14.0. The summed E-state index contributed by atoms with van der Waals surface area (Å²) in [4.78, 5) is 0. The van der Waals surface area contributed by atoms with Gasteiger partial charge in [0.2, 0.25) is 0 Å². The molecule has 0 saturated heterocycles. The van der Waals surface area contributed by atoms with Crippen molar-refractivity contribution in [3.05, 3.63) is 0 Å². The Bertz CT molecular complexity index is 165. The van der Waals surface area contributed by atoms with Gasteiger partial charge in [-0.15, -0.1) is 0 Å². The fourth-order valence-corrected chi connectivity index (χ4v) is 2.71. The fraction of sp³-hybridized carbons (Fsp3) is 0.944. The summed E-state index contributed by atoms with van der Waals surface area (Å²) in [5.74, 6) is 0. The molecule has 0 heterocycles. The van der Waals surface area contributed by atoms with Crippen molar-refractivity contribution in [1.82, 2.24) is 0 Å². The summed E-state index contributed by atoms with van der Waals surface area (Å²) in [5.41, 5.74) is 0. The van der Waals surface area contributed by atoms with Gasteiger partial charge in [0.15, 0.2) is 0 Å². The molecule has 0 nitrogen and oxygen atoms in total. The first-order valence-corrected chi connectivity index (χ1v) is 9.17. The van der Waals surface area contributed by atoms with E-state index in [9.17, 15) is 0 Å². The smallest absolute Gasteiger partial charge is 0.0291 e. The normalized spacial score (nSPS) is 10.8. The van der Waals surface area contributed by atoms with Crippen LogP contribution in [0.4, 0.5) is 0 Å². The van der Waals surface area contributed by atoms with E-state index in [0.29, 0.717) is 0 Å². The minimum atomic E-state index is 1.01. The Morgan fingerprint density at radius 1 is 0.526 bits per heavy atom. The highest BCUT2D eigenvalue weighted by molar-refractivity contribution is 7.78. The Morgan fingerprint density at radius 3 is 1.16 bits per heavy atom. The molecule has 0 bridgehead atoms. The van der Waals surface area contributed by atoms with E-state index in [-0.39, 0.29) is 0 Å². The summed E-state index contributed by atoms with van der Waals surface area (Å²) in [6.45, 7) is 2.29. The minimum absolute atomic E-state index is 1.01. The van der Waals surface area contributed by atoms with E-state index in [0.717, 1.165) is 6.42 Å². The average Bonchev–Trinajstić information content (AvgIpc) is 2.43. The van der Waals surface area contributed by atoms with Gasteiger partial charge >= 0.3 is 0 Å². The van der Waals surface area contributed by atoms with Crippen LogP contribution in [0, 0.1) is 0 Å². The highest BCUT2D eigenvalue weighted by Crippen LogP contribution is 2.13. The Labute approximate surface area is 127 Å². The van der Waals surface area contributed by atoms with Gasteiger partial charge in [0.1, 0.15) is 0 Å². The first-order chi connectivity index (χ1) is 9.41. The first kappa shape index (κ1) is 19.1. The van der Waals surface area contributed by atoms with Crippen LogP contribution in [0.15, 0.2) is 0 Å². The molecule has 113 valence electrons. The van der Waals surface area contributed by atoms with Gasteiger partial charge in [-0.2, -0.15) is 0 Å². The second kappa shape index (κ2) is 18.1. The SMILES string of the molecule is CCCCCCCCCCCCCCCCC[C]=S. The molecule has 0 aromatic carbocycles. The molecule has 0 rings (SSSR count). The summed E-state index contributed by atoms with van der Waals surface area (Å²) in [6.07, 6.45) is 22.4. The maximum absolute atomic E-state index is 4.70. The summed E-state index contributed by atoms with van der Waals surface area (Å²) in [6, 6.07) is 0. The number of thiocarbonyl (C=S) groups is 1. The Balaban J connectivity index is 2.89. The molecule has 19 heavy (non-hydrogen) atoms. The average molecular weight is 284 g/mol. The van der Waals surface area contributed by atoms with E-state index in [1.165, 1.54) is 96.3 Å². The summed E-state index contributed by atoms with van der Waals surface area (Å²) >= 11 is 4.70. The van der Waals surface area contributed by atoms with Crippen LogP contribution >= 0.6 is 12.2 Å². The highest BCUT2D eigenvalue weighted by atomic mass is 32.1. The quantitative estimate of drug-likeness (QED) is 0.214. The molecule has 0 atom stereocenters. The van der Waals surface area contributed by atoms with E-state index in [2.05, 4.69) is 12.3 Å². The largest absolute Gasteiger partial charge is 0.0837 e. The van der Waals surface area contributed by atoms with Gasteiger partial charge in [0, 0.05) is 5.37 Å². The summed E-state index contributed by atoms with van der Waals surface area (Å²) in [5, 5.41) is 2.80. The third-order valence-corrected chi connectivity index (χ3v) is 4.09. The second-order valence-corrected chi connectivity index (χ2v) is 6.13. The van der Waals surface area contributed by atoms with Crippen molar-refractivity contribution in [3.8, 4) is 0 Å². The zero-order valence-electron chi connectivity index (χ0n) is 13.2. The van der Waals surface area contributed by atoms with Gasteiger partial charge in [-0.3, -0.25) is 0 Å². The monoisotopic (exact) mass is 283 g/mol. The van der Waals surface area contributed by atoms with Crippen LogP contribution in [-0.4, -0.2) is 5.37 Å². The zero-order valence-corrected chi connectivity index (χ0v) is 14.0. The van der Waals surface area contributed by atoms with Crippen molar-refractivity contribution in [2.75, 3.05) is 0 Å². The number of hydrogen-bond acceptors (Lipinski definition) is 1. The van der Waals surface area contributed by atoms with Crippen LogP contribution < -0.4 is 0 Å². The summed E-state index contributed by atoms with van der Waals surface area (Å²) < 4.78 is 0. The molecule has 0 aromatic rings. The molecule has 0 aliphatic heterocycles. The predicted molar refractivity (Wildman–Crippen MR) is 92.1 cm³/mol. The highest BCUT2D eigenvalue weighted by Gasteiger charge is 1.93. The molecule has 0 aliphatic carbocycles. The van der Waals surface area contributed by atoms with Crippen LogP contribution in [0.25, 0.3) is 0 Å². The van der Waals surface area contributed by atoms with E-state index >= 15 is 0 Å².